The fraction of sp³-hybridized carbons (Fsp3) is 0.385. The summed E-state index contributed by atoms with van der Waals surface area (Å²) in [5.41, 5.74) is 0.806. The maximum Gasteiger partial charge on any atom is 0.137 e. The Morgan fingerprint density at radius 1 is 1.12 bits per heavy atom. The standard InChI is InChI=1S/C26H26ClNO3S/c27-18-5-4-16-12-25(32-26(16)13-18)17-10-19-6-7-20(11-17)28(19)14-21(29)15-31-24-3-1-2-23-22(24)8-9-30-23/h1-5,8-9,12-13,17,19-21,29H,6-7,10-11,14-15H2/t17?,19?,20?,21-/m0/s1. The van der Waals surface area contributed by atoms with Crippen LogP contribution < -0.4 is 4.74 Å². The zero-order chi connectivity index (χ0) is 21.7. The number of fused-ring (bicyclic) bond motifs is 4. The molecule has 2 unspecified atom stereocenters. The van der Waals surface area contributed by atoms with E-state index in [4.69, 9.17) is 20.8 Å². The van der Waals surface area contributed by atoms with E-state index < -0.39 is 6.10 Å². The van der Waals surface area contributed by atoms with Crippen molar-refractivity contribution < 1.29 is 14.3 Å². The van der Waals surface area contributed by atoms with Crippen LogP contribution in [0.1, 0.15) is 36.5 Å². The Balaban J connectivity index is 1.10. The molecule has 2 aliphatic heterocycles. The first-order valence-corrected chi connectivity index (χ1v) is 12.6. The predicted octanol–water partition coefficient (Wildman–Crippen LogP) is 6.45. The van der Waals surface area contributed by atoms with E-state index in [1.165, 1.54) is 40.6 Å². The van der Waals surface area contributed by atoms with E-state index >= 15 is 0 Å². The number of nitrogens with zero attached hydrogens (tertiary/aromatic N) is 1. The first kappa shape index (κ1) is 20.5. The number of benzene rings is 2. The van der Waals surface area contributed by atoms with Crippen molar-refractivity contribution in [3.05, 3.63) is 64.7 Å². The second-order valence-electron chi connectivity index (χ2n) is 9.13. The van der Waals surface area contributed by atoms with Crippen molar-refractivity contribution in [1.82, 2.24) is 4.90 Å². The van der Waals surface area contributed by atoms with Crippen molar-refractivity contribution in [1.29, 1.82) is 0 Å². The van der Waals surface area contributed by atoms with Gasteiger partial charge in [0.2, 0.25) is 0 Å². The van der Waals surface area contributed by atoms with Crippen LogP contribution in [0.4, 0.5) is 0 Å². The Morgan fingerprint density at radius 2 is 1.97 bits per heavy atom. The molecule has 1 N–H and O–H groups in total. The number of furan rings is 1. The van der Waals surface area contributed by atoms with Gasteiger partial charge in [0.25, 0.3) is 0 Å². The molecule has 4 heterocycles. The summed E-state index contributed by atoms with van der Waals surface area (Å²) in [5, 5.41) is 13.8. The SMILES string of the molecule is O[C@H](COc1cccc2occc12)CN1C2CCC1CC(c1cc3ccc(Cl)cc3s1)C2. The fourth-order valence-corrected chi connectivity index (χ4v) is 7.07. The first-order valence-electron chi connectivity index (χ1n) is 11.4. The minimum absolute atomic E-state index is 0.292. The molecule has 2 aromatic carbocycles. The van der Waals surface area contributed by atoms with Crippen LogP contribution in [0.3, 0.4) is 0 Å². The van der Waals surface area contributed by atoms with Gasteiger partial charge in [-0.3, -0.25) is 4.90 Å². The minimum Gasteiger partial charge on any atom is -0.490 e. The van der Waals surface area contributed by atoms with Crippen LogP contribution in [0.2, 0.25) is 5.02 Å². The molecule has 0 spiro atoms. The van der Waals surface area contributed by atoms with E-state index in [0.717, 1.165) is 21.7 Å². The normalized spacial score (nSPS) is 24.4. The van der Waals surface area contributed by atoms with Gasteiger partial charge in [0.05, 0.1) is 11.6 Å². The molecular weight excluding hydrogens is 442 g/mol. The maximum absolute atomic E-state index is 10.8. The monoisotopic (exact) mass is 467 g/mol. The highest BCUT2D eigenvalue weighted by Gasteiger charge is 2.42. The molecule has 6 heteroatoms. The summed E-state index contributed by atoms with van der Waals surface area (Å²) in [6.07, 6.45) is 5.93. The number of hydrogen-bond acceptors (Lipinski definition) is 5. The highest BCUT2D eigenvalue weighted by molar-refractivity contribution is 7.19. The molecule has 32 heavy (non-hydrogen) atoms. The predicted molar refractivity (Wildman–Crippen MR) is 130 cm³/mol. The lowest BCUT2D eigenvalue weighted by Gasteiger charge is -2.39. The van der Waals surface area contributed by atoms with E-state index in [9.17, 15) is 5.11 Å². The van der Waals surface area contributed by atoms with Crippen LogP contribution in [-0.4, -0.2) is 41.3 Å². The van der Waals surface area contributed by atoms with E-state index in [-0.39, 0.29) is 0 Å². The van der Waals surface area contributed by atoms with Crippen LogP contribution in [-0.2, 0) is 0 Å². The molecule has 166 valence electrons. The van der Waals surface area contributed by atoms with Crippen LogP contribution >= 0.6 is 22.9 Å². The Kier molecular flexibility index (Phi) is 5.38. The van der Waals surface area contributed by atoms with Crippen LogP contribution in [0.25, 0.3) is 21.1 Å². The number of aliphatic hydroxyl groups is 1. The molecule has 2 aromatic heterocycles. The van der Waals surface area contributed by atoms with Gasteiger partial charge >= 0.3 is 0 Å². The highest BCUT2D eigenvalue weighted by atomic mass is 35.5. The third-order valence-electron chi connectivity index (χ3n) is 7.10. The summed E-state index contributed by atoms with van der Waals surface area (Å²) in [5.74, 6) is 1.37. The second-order valence-corrected chi connectivity index (χ2v) is 10.7. The van der Waals surface area contributed by atoms with Gasteiger partial charge in [-0.15, -0.1) is 11.3 Å². The maximum atomic E-state index is 10.8. The summed E-state index contributed by atoms with van der Waals surface area (Å²) in [6, 6.07) is 17.3. The average molecular weight is 468 g/mol. The number of hydrogen-bond donors (Lipinski definition) is 1. The van der Waals surface area contributed by atoms with Gasteiger partial charge in [0.1, 0.15) is 24.0 Å². The van der Waals surface area contributed by atoms with Crippen molar-refractivity contribution in [2.24, 2.45) is 0 Å². The molecule has 0 amide bonds. The number of rotatable bonds is 6. The lowest BCUT2D eigenvalue weighted by atomic mass is 9.89. The van der Waals surface area contributed by atoms with E-state index in [2.05, 4.69) is 23.1 Å². The van der Waals surface area contributed by atoms with E-state index in [0.29, 0.717) is 31.2 Å². The Hall–Kier alpha value is -2.05. The average Bonchev–Trinajstić information content (AvgIpc) is 3.48. The number of ether oxygens (including phenoxy) is 1. The second kappa shape index (κ2) is 8.38. The van der Waals surface area contributed by atoms with Gasteiger partial charge in [0, 0.05) is 33.2 Å². The van der Waals surface area contributed by atoms with Crippen molar-refractivity contribution in [2.75, 3.05) is 13.2 Å². The molecule has 4 aromatic rings. The van der Waals surface area contributed by atoms with Crippen molar-refractivity contribution in [3.63, 3.8) is 0 Å². The number of aliphatic hydroxyl groups excluding tert-OH is 1. The van der Waals surface area contributed by atoms with Crippen molar-refractivity contribution in [2.45, 2.75) is 49.8 Å². The fourth-order valence-electron chi connectivity index (χ4n) is 5.61. The van der Waals surface area contributed by atoms with Gasteiger partial charge in [-0.05, 0) is 73.4 Å². The summed E-state index contributed by atoms with van der Waals surface area (Å²) >= 11 is 8.08. The molecule has 6 rings (SSSR count). The molecule has 0 radical (unpaired) electrons. The van der Waals surface area contributed by atoms with E-state index in [1.54, 1.807) is 6.26 Å². The van der Waals surface area contributed by atoms with Crippen LogP contribution in [0.5, 0.6) is 5.75 Å². The smallest absolute Gasteiger partial charge is 0.137 e. The molecule has 2 aliphatic rings. The number of piperidine rings is 1. The van der Waals surface area contributed by atoms with Gasteiger partial charge in [-0.25, -0.2) is 0 Å². The molecular formula is C26H26ClNO3S. The largest absolute Gasteiger partial charge is 0.490 e. The van der Waals surface area contributed by atoms with Crippen molar-refractivity contribution >= 4 is 44.0 Å². The molecule has 4 nitrogen and oxygen atoms in total. The highest BCUT2D eigenvalue weighted by Crippen LogP contribution is 2.46. The van der Waals surface area contributed by atoms with Crippen LogP contribution in [0.15, 0.2) is 59.2 Å². The molecule has 3 atom stereocenters. The first-order chi connectivity index (χ1) is 15.6. The molecule has 2 bridgehead atoms. The topological polar surface area (TPSA) is 45.8 Å². The number of halogens is 1. The van der Waals surface area contributed by atoms with Crippen molar-refractivity contribution in [3.8, 4) is 5.75 Å². The van der Waals surface area contributed by atoms with Gasteiger partial charge in [-0.2, -0.15) is 0 Å². The van der Waals surface area contributed by atoms with Gasteiger partial charge in [-0.1, -0.05) is 23.7 Å². The summed E-state index contributed by atoms with van der Waals surface area (Å²) in [7, 11) is 0. The molecule has 2 saturated heterocycles. The zero-order valence-electron chi connectivity index (χ0n) is 17.7. The third-order valence-corrected chi connectivity index (χ3v) is 8.59. The van der Waals surface area contributed by atoms with Gasteiger partial charge in [0.15, 0.2) is 0 Å². The summed E-state index contributed by atoms with van der Waals surface area (Å²) in [6.45, 7) is 0.964. The Bertz CT molecular complexity index is 1240. The quantitative estimate of drug-likeness (QED) is 0.354. The van der Waals surface area contributed by atoms with Crippen LogP contribution in [0, 0.1) is 0 Å². The zero-order valence-corrected chi connectivity index (χ0v) is 19.3. The lowest BCUT2D eigenvalue weighted by molar-refractivity contribution is 0.0323. The third kappa shape index (κ3) is 3.81. The van der Waals surface area contributed by atoms with Gasteiger partial charge < -0.3 is 14.3 Å². The summed E-state index contributed by atoms with van der Waals surface area (Å²) in [4.78, 5) is 4.02. The molecule has 0 aliphatic carbocycles. The Morgan fingerprint density at radius 3 is 2.81 bits per heavy atom. The minimum atomic E-state index is -0.511. The molecule has 2 fully saturated rings. The molecule has 0 saturated carbocycles. The number of thiophene rings is 1. The lowest BCUT2D eigenvalue weighted by Crippen LogP contribution is -2.47. The summed E-state index contributed by atoms with van der Waals surface area (Å²) < 4.78 is 12.7. The Labute approximate surface area is 196 Å². The van der Waals surface area contributed by atoms with E-state index in [1.807, 2.05) is 41.7 Å².